The first-order valence-electron chi connectivity index (χ1n) is 8.46. The zero-order chi connectivity index (χ0) is 19.9. The fraction of sp³-hybridized carbons (Fsp3) is 0.500. The number of nitrogens with zero attached hydrogens (tertiary/aromatic N) is 2. The van der Waals surface area contributed by atoms with Crippen molar-refractivity contribution in [1.29, 1.82) is 0 Å². The SMILES string of the molecule is CSCC[C@@H](NC(=O)OC(C)(C)C)c1nnc(SCc2ccccc2Cl)o1. The molecule has 0 saturated heterocycles. The van der Waals surface area contributed by atoms with Gasteiger partial charge in [0.2, 0.25) is 5.89 Å². The summed E-state index contributed by atoms with van der Waals surface area (Å²) in [6.45, 7) is 5.46. The first-order valence-corrected chi connectivity index (χ1v) is 11.2. The lowest BCUT2D eigenvalue weighted by Gasteiger charge is -2.22. The summed E-state index contributed by atoms with van der Waals surface area (Å²) >= 11 is 9.25. The molecule has 1 aromatic carbocycles. The number of carbonyl (C=O) groups excluding carboxylic acids is 1. The van der Waals surface area contributed by atoms with E-state index in [0.717, 1.165) is 11.3 Å². The number of aromatic nitrogens is 2. The predicted molar refractivity (Wildman–Crippen MR) is 110 cm³/mol. The highest BCUT2D eigenvalue weighted by molar-refractivity contribution is 7.98. The number of benzene rings is 1. The van der Waals surface area contributed by atoms with Crippen molar-refractivity contribution in [1.82, 2.24) is 15.5 Å². The van der Waals surface area contributed by atoms with E-state index >= 15 is 0 Å². The molecule has 0 spiro atoms. The third-order valence-corrected chi connectivity index (χ3v) is 5.21. The van der Waals surface area contributed by atoms with Crippen LogP contribution in [0.5, 0.6) is 0 Å². The van der Waals surface area contributed by atoms with E-state index in [1.807, 2.05) is 51.3 Å². The molecule has 0 aliphatic heterocycles. The van der Waals surface area contributed by atoms with Gasteiger partial charge in [0.1, 0.15) is 11.6 Å². The van der Waals surface area contributed by atoms with Gasteiger partial charge in [-0.25, -0.2) is 4.79 Å². The van der Waals surface area contributed by atoms with Crippen molar-refractivity contribution in [2.45, 2.75) is 49.8 Å². The molecular weight excluding hydrogens is 406 g/mol. The van der Waals surface area contributed by atoms with Crippen molar-refractivity contribution in [3.8, 4) is 0 Å². The molecule has 0 saturated carbocycles. The van der Waals surface area contributed by atoms with E-state index in [-0.39, 0.29) is 0 Å². The zero-order valence-electron chi connectivity index (χ0n) is 15.8. The van der Waals surface area contributed by atoms with E-state index in [2.05, 4.69) is 15.5 Å². The minimum atomic E-state index is -0.570. The second-order valence-electron chi connectivity index (χ2n) is 6.77. The van der Waals surface area contributed by atoms with E-state index in [0.29, 0.717) is 28.3 Å². The molecular formula is C18H24ClN3O3S2. The summed E-state index contributed by atoms with van der Waals surface area (Å²) in [5.74, 6) is 1.83. The Morgan fingerprint density at radius 3 is 2.74 bits per heavy atom. The summed E-state index contributed by atoms with van der Waals surface area (Å²) in [5.41, 5.74) is 0.425. The Labute approximate surface area is 173 Å². The fourth-order valence-electron chi connectivity index (χ4n) is 2.12. The Bertz CT molecular complexity index is 749. The summed E-state index contributed by atoms with van der Waals surface area (Å²) in [6, 6.07) is 7.23. The molecule has 2 rings (SSSR count). The first-order chi connectivity index (χ1) is 12.8. The molecule has 9 heteroatoms. The number of carbonyl (C=O) groups is 1. The molecule has 1 heterocycles. The van der Waals surface area contributed by atoms with Gasteiger partial charge in [-0.3, -0.25) is 0 Å². The minimum Gasteiger partial charge on any atom is -0.444 e. The summed E-state index contributed by atoms with van der Waals surface area (Å²) in [6.07, 6.45) is 2.16. The Hall–Kier alpha value is -1.38. The van der Waals surface area contributed by atoms with Crippen LogP contribution in [0.4, 0.5) is 4.79 Å². The monoisotopic (exact) mass is 429 g/mol. The van der Waals surface area contributed by atoms with Crippen molar-refractivity contribution in [3.63, 3.8) is 0 Å². The molecule has 2 aromatic rings. The van der Waals surface area contributed by atoms with Gasteiger partial charge in [-0.1, -0.05) is 41.6 Å². The predicted octanol–water partition coefficient (Wildman–Crippen LogP) is 5.33. The van der Waals surface area contributed by atoms with Crippen LogP contribution in [-0.2, 0) is 10.5 Å². The van der Waals surface area contributed by atoms with Crippen LogP contribution >= 0.6 is 35.1 Å². The lowest BCUT2D eigenvalue weighted by Crippen LogP contribution is -2.35. The number of rotatable bonds is 8. The van der Waals surface area contributed by atoms with Crippen LogP contribution < -0.4 is 5.32 Å². The van der Waals surface area contributed by atoms with Gasteiger partial charge in [-0.2, -0.15) is 11.8 Å². The van der Waals surface area contributed by atoms with Gasteiger partial charge in [0.25, 0.3) is 5.22 Å². The lowest BCUT2D eigenvalue weighted by atomic mass is 10.2. The van der Waals surface area contributed by atoms with Gasteiger partial charge in [-0.05, 0) is 50.8 Å². The first kappa shape index (κ1) is 21.9. The van der Waals surface area contributed by atoms with Gasteiger partial charge in [0.05, 0.1) is 0 Å². The van der Waals surface area contributed by atoms with E-state index in [1.54, 1.807) is 11.8 Å². The van der Waals surface area contributed by atoms with E-state index in [1.165, 1.54) is 11.8 Å². The summed E-state index contributed by atoms with van der Waals surface area (Å²) in [5, 5.41) is 12.1. The quantitative estimate of drug-likeness (QED) is 0.568. The summed E-state index contributed by atoms with van der Waals surface area (Å²) < 4.78 is 11.1. The molecule has 148 valence electrons. The molecule has 0 aliphatic carbocycles. The van der Waals surface area contributed by atoms with Crippen LogP contribution in [0.2, 0.25) is 5.02 Å². The average molecular weight is 430 g/mol. The topological polar surface area (TPSA) is 77.2 Å². The number of hydrogen-bond donors (Lipinski definition) is 1. The normalized spacial score (nSPS) is 12.6. The average Bonchev–Trinajstić information content (AvgIpc) is 3.05. The maximum Gasteiger partial charge on any atom is 0.408 e. The van der Waals surface area contributed by atoms with Crippen molar-refractivity contribution in [2.24, 2.45) is 0 Å². The molecule has 1 N–H and O–H groups in total. The van der Waals surface area contributed by atoms with Crippen LogP contribution in [0.25, 0.3) is 0 Å². The Balaban J connectivity index is 2.01. The summed E-state index contributed by atoms with van der Waals surface area (Å²) in [4.78, 5) is 12.1. The maximum absolute atomic E-state index is 12.1. The number of thioether (sulfide) groups is 2. The van der Waals surface area contributed by atoms with Crippen molar-refractivity contribution in [3.05, 3.63) is 40.7 Å². The largest absolute Gasteiger partial charge is 0.444 e. The molecule has 6 nitrogen and oxygen atoms in total. The van der Waals surface area contributed by atoms with Gasteiger partial charge in [-0.15, -0.1) is 10.2 Å². The van der Waals surface area contributed by atoms with E-state index in [4.69, 9.17) is 20.8 Å². The standard InChI is InChI=1S/C18H24ClN3O3S2/c1-18(2,3)25-16(23)20-14(9-10-26-4)15-21-22-17(24-15)27-11-12-7-5-6-8-13(12)19/h5-8,14H,9-11H2,1-4H3,(H,20,23)/t14-/m1/s1. The van der Waals surface area contributed by atoms with Crippen LogP contribution in [0, 0.1) is 0 Å². The Morgan fingerprint density at radius 2 is 2.07 bits per heavy atom. The number of ether oxygens (including phenoxy) is 1. The minimum absolute atomic E-state index is 0.372. The molecule has 0 fully saturated rings. The highest BCUT2D eigenvalue weighted by atomic mass is 35.5. The Morgan fingerprint density at radius 1 is 1.33 bits per heavy atom. The van der Waals surface area contributed by atoms with E-state index in [9.17, 15) is 4.79 Å². The second-order valence-corrected chi connectivity index (χ2v) is 9.09. The van der Waals surface area contributed by atoms with Gasteiger partial charge in [0, 0.05) is 10.8 Å². The molecule has 0 bridgehead atoms. The smallest absolute Gasteiger partial charge is 0.408 e. The van der Waals surface area contributed by atoms with Crippen molar-refractivity contribution >= 4 is 41.2 Å². The molecule has 1 aromatic heterocycles. The second kappa shape index (κ2) is 10.2. The van der Waals surface area contributed by atoms with Crippen molar-refractivity contribution in [2.75, 3.05) is 12.0 Å². The third-order valence-electron chi connectivity index (χ3n) is 3.33. The molecule has 27 heavy (non-hydrogen) atoms. The van der Waals surface area contributed by atoms with Crippen LogP contribution in [-0.4, -0.2) is 33.9 Å². The molecule has 0 unspecified atom stereocenters. The number of hydrogen-bond acceptors (Lipinski definition) is 7. The fourth-order valence-corrected chi connectivity index (χ4v) is 3.64. The van der Waals surface area contributed by atoms with Crippen LogP contribution in [0.15, 0.2) is 33.9 Å². The number of halogens is 1. The molecule has 0 radical (unpaired) electrons. The number of nitrogens with one attached hydrogen (secondary N) is 1. The van der Waals surface area contributed by atoms with Crippen molar-refractivity contribution < 1.29 is 13.9 Å². The zero-order valence-corrected chi connectivity index (χ0v) is 18.2. The lowest BCUT2D eigenvalue weighted by molar-refractivity contribution is 0.0493. The van der Waals surface area contributed by atoms with E-state index < -0.39 is 17.7 Å². The van der Waals surface area contributed by atoms with Gasteiger partial charge >= 0.3 is 6.09 Å². The van der Waals surface area contributed by atoms with Gasteiger partial charge < -0.3 is 14.5 Å². The number of alkyl carbamates (subject to hydrolysis) is 1. The van der Waals surface area contributed by atoms with Crippen LogP contribution in [0.3, 0.4) is 0 Å². The summed E-state index contributed by atoms with van der Waals surface area (Å²) in [7, 11) is 0. The Kier molecular flexibility index (Phi) is 8.31. The number of amides is 1. The van der Waals surface area contributed by atoms with Crippen LogP contribution in [0.1, 0.15) is 44.7 Å². The highest BCUT2D eigenvalue weighted by Crippen LogP contribution is 2.27. The van der Waals surface area contributed by atoms with Gasteiger partial charge in [0.15, 0.2) is 0 Å². The molecule has 1 amide bonds. The maximum atomic E-state index is 12.1. The third kappa shape index (κ3) is 7.63. The molecule has 1 atom stereocenters. The molecule has 0 aliphatic rings. The highest BCUT2D eigenvalue weighted by Gasteiger charge is 2.24.